The van der Waals surface area contributed by atoms with E-state index in [4.69, 9.17) is 10.5 Å². The fourth-order valence-electron chi connectivity index (χ4n) is 2.64. The molecule has 5 nitrogen and oxygen atoms in total. The lowest BCUT2D eigenvalue weighted by Gasteiger charge is -2.29. The van der Waals surface area contributed by atoms with Gasteiger partial charge in [0.05, 0.1) is 6.10 Å². The van der Waals surface area contributed by atoms with Crippen molar-refractivity contribution < 1.29 is 18.7 Å². The summed E-state index contributed by atoms with van der Waals surface area (Å²) in [5.41, 5.74) is 5.84. The number of hydrogen-bond acceptors (Lipinski definition) is 3. The molecule has 0 bridgehead atoms. The molecule has 1 saturated heterocycles. The summed E-state index contributed by atoms with van der Waals surface area (Å²) in [5, 5.41) is 2.68. The number of primary amides is 1. The molecule has 1 aliphatic rings. The van der Waals surface area contributed by atoms with Gasteiger partial charge in [-0.2, -0.15) is 0 Å². The van der Waals surface area contributed by atoms with E-state index in [0.29, 0.717) is 25.0 Å². The molecule has 0 saturated carbocycles. The summed E-state index contributed by atoms with van der Waals surface area (Å²) in [6, 6.07) is 4.42. The lowest BCUT2D eigenvalue weighted by molar-refractivity contribution is -0.133. The van der Waals surface area contributed by atoms with Gasteiger partial charge in [0.2, 0.25) is 11.8 Å². The van der Waals surface area contributed by atoms with Crippen LogP contribution in [0.1, 0.15) is 37.8 Å². The average molecular weight is 308 g/mol. The van der Waals surface area contributed by atoms with Gasteiger partial charge in [0.25, 0.3) is 0 Å². The number of halogens is 1. The summed E-state index contributed by atoms with van der Waals surface area (Å²) >= 11 is 0. The van der Waals surface area contributed by atoms with E-state index in [1.165, 1.54) is 24.3 Å². The Kier molecular flexibility index (Phi) is 5.49. The van der Waals surface area contributed by atoms with Gasteiger partial charge in [0.15, 0.2) is 0 Å². The van der Waals surface area contributed by atoms with Crippen molar-refractivity contribution in [3.63, 3.8) is 0 Å². The summed E-state index contributed by atoms with van der Waals surface area (Å²) < 4.78 is 18.5. The standard InChI is InChI=1S/C16H21FN2O3/c1-2-13-9-11(7-8-22-13)16(21)19-14(15(18)20)10-3-5-12(17)6-4-10/h3-6,11,13-14H,2,7-9H2,1H3,(H2,18,20)(H,19,21). The number of hydrogen-bond donors (Lipinski definition) is 2. The Morgan fingerprint density at radius 2 is 2.09 bits per heavy atom. The maximum absolute atomic E-state index is 13.0. The van der Waals surface area contributed by atoms with Crippen molar-refractivity contribution in [3.05, 3.63) is 35.6 Å². The molecule has 6 heteroatoms. The molecule has 1 heterocycles. The third kappa shape index (κ3) is 4.04. The van der Waals surface area contributed by atoms with Crippen LogP contribution < -0.4 is 11.1 Å². The first-order chi connectivity index (χ1) is 10.5. The highest BCUT2D eigenvalue weighted by Gasteiger charge is 2.30. The Bertz CT molecular complexity index is 533. The molecule has 3 N–H and O–H groups in total. The van der Waals surface area contributed by atoms with Crippen LogP contribution in [0.2, 0.25) is 0 Å². The molecule has 120 valence electrons. The van der Waals surface area contributed by atoms with Crippen LogP contribution in [0.25, 0.3) is 0 Å². The number of ether oxygens (including phenoxy) is 1. The highest BCUT2D eigenvalue weighted by Crippen LogP contribution is 2.23. The average Bonchev–Trinajstić information content (AvgIpc) is 2.53. The van der Waals surface area contributed by atoms with E-state index in [0.717, 1.165) is 6.42 Å². The maximum Gasteiger partial charge on any atom is 0.244 e. The van der Waals surface area contributed by atoms with E-state index in [2.05, 4.69) is 5.32 Å². The molecular formula is C16H21FN2O3. The smallest absolute Gasteiger partial charge is 0.244 e. The summed E-state index contributed by atoms with van der Waals surface area (Å²) in [5.74, 6) is -1.48. The number of carbonyl (C=O) groups is 2. The van der Waals surface area contributed by atoms with E-state index < -0.39 is 17.8 Å². The zero-order valence-corrected chi connectivity index (χ0v) is 12.5. The zero-order chi connectivity index (χ0) is 16.1. The first-order valence-electron chi connectivity index (χ1n) is 7.48. The second kappa shape index (κ2) is 7.35. The van der Waals surface area contributed by atoms with Gasteiger partial charge in [-0.3, -0.25) is 9.59 Å². The van der Waals surface area contributed by atoms with Crippen molar-refractivity contribution in [2.75, 3.05) is 6.61 Å². The number of benzene rings is 1. The SMILES string of the molecule is CCC1CC(C(=O)NC(C(N)=O)c2ccc(F)cc2)CCO1. The molecule has 0 spiro atoms. The van der Waals surface area contributed by atoms with Gasteiger partial charge in [-0.1, -0.05) is 19.1 Å². The lowest BCUT2D eigenvalue weighted by Crippen LogP contribution is -2.43. The fraction of sp³-hybridized carbons (Fsp3) is 0.500. The monoisotopic (exact) mass is 308 g/mol. The molecular weight excluding hydrogens is 287 g/mol. The lowest BCUT2D eigenvalue weighted by atomic mass is 9.93. The predicted octanol–water partition coefficient (Wildman–Crippen LogP) is 1.67. The molecule has 0 aromatic heterocycles. The second-order valence-electron chi connectivity index (χ2n) is 5.52. The molecule has 1 fully saturated rings. The van der Waals surface area contributed by atoms with Gasteiger partial charge in [0, 0.05) is 12.5 Å². The highest BCUT2D eigenvalue weighted by atomic mass is 19.1. The molecule has 22 heavy (non-hydrogen) atoms. The maximum atomic E-state index is 13.0. The van der Waals surface area contributed by atoms with Crippen molar-refractivity contribution in [1.82, 2.24) is 5.32 Å². The third-order valence-corrected chi connectivity index (χ3v) is 3.97. The van der Waals surface area contributed by atoms with Crippen molar-refractivity contribution in [2.45, 2.75) is 38.3 Å². The molecule has 2 amide bonds. The Balaban J connectivity index is 2.06. The zero-order valence-electron chi connectivity index (χ0n) is 12.5. The molecule has 1 aliphatic heterocycles. The molecule has 0 aliphatic carbocycles. The first kappa shape index (κ1) is 16.4. The van der Waals surface area contributed by atoms with Crippen LogP contribution in [0, 0.1) is 11.7 Å². The van der Waals surface area contributed by atoms with Crippen molar-refractivity contribution in [2.24, 2.45) is 11.7 Å². The molecule has 1 aromatic rings. The van der Waals surface area contributed by atoms with E-state index in [1.807, 2.05) is 6.92 Å². The molecule has 3 unspecified atom stereocenters. The van der Waals surface area contributed by atoms with Crippen molar-refractivity contribution in [1.29, 1.82) is 0 Å². The summed E-state index contributed by atoms with van der Waals surface area (Å²) in [4.78, 5) is 24.0. The predicted molar refractivity (Wildman–Crippen MR) is 79.2 cm³/mol. The summed E-state index contributed by atoms with van der Waals surface area (Å²) in [7, 11) is 0. The number of amides is 2. The minimum Gasteiger partial charge on any atom is -0.378 e. The van der Waals surface area contributed by atoms with Gasteiger partial charge in [-0.15, -0.1) is 0 Å². The molecule has 0 radical (unpaired) electrons. The molecule has 3 atom stereocenters. The van der Waals surface area contributed by atoms with Crippen LogP contribution in [0.5, 0.6) is 0 Å². The van der Waals surface area contributed by atoms with E-state index in [1.54, 1.807) is 0 Å². The van der Waals surface area contributed by atoms with Crippen LogP contribution in [-0.2, 0) is 14.3 Å². The normalized spacial score (nSPS) is 22.8. The van der Waals surface area contributed by atoms with Crippen LogP contribution >= 0.6 is 0 Å². The highest BCUT2D eigenvalue weighted by molar-refractivity contribution is 5.88. The Labute approximate surface area is 129 Å². The van der Waals surface area contributed by atoms with Crippen LogP contribution in [0.15, 0.2) is 24.3 Å². The van der Waals surface area contributed by atoms with Gasteiger partial charge >= 0.3 is 0 Å². The van der Waals surface area contributed by atoms with Gasteiger partial charge in [-0.05, 0) is 37.0 Å². The van der Waals surface area contributed by atoms with Crippen molar-refractivity contribution >= 4 is 11.8 Å². The third-order valence-electron chi connectivity index (χ3n) is 3.97. The molecule has 1 aromatic carbocycles. The van der Waals surface area contributed by atoms with E-state index in [9.17, 15) is 14.0 Å². The Morgan fingerprint density at radius 3 is 2.68 bits per heavy atom. The summed E-state index contributed by atoms with van der Waals surface area (Å²) in [6.45, 7) is 2.55. The number of carbonyl (C=O) groups excluding carboxylic acids is 2. The second-order valence-corrected chi connectivity index (χ2v) is 5.52. The van der Waals surface area contributed by atoms with E-state index >= 15 is 0 Å². The number of nitrogens with one attached hydrogen (secondary N) is 1. The largest absolute Gasteiger partial charge is 0.378 e. The Hall–Kier alpha value is -1.95. The van der Waals surface area contributed by atoms with Gasteiger partial charge < -0.3 is 15.8 Å². The number of nitrogens with two attached hydrogens (primary N) is 1. The minimum atomic E-state index is -0.948. The minimum absolute atomic E-state index is 0.0716. The Morgan fingerprint density at radius 1 is 1.41 bits per heavy atom. The van der Waals surface area contributed by atoms with Crippen LogP contribution in [-0.4, -0.2) is 24.5 Å². The van der Waals surface area contributed by atoms with Crippen LogP contribution in [0.3, 0.4) is 0 Å². The van der Waals surface area contributed by atoms with Gasteiger partial charge in [-0.25, -0.2) is 4.39 Å². The summed E-state index contributed by atoms with van der Waals surface area (Å²) in [6.07, 6.45) is 2.18. The quantitative estimate of drug-likeness (QED) is 0.868. The van der Waals surface area contributed by atoms with Crippen LogP contribution in [0.4, 0.5) is 4.39 Å². The first-order valence-corrected chi connectivity index (χ1v) is 7.48. The van der Waals surface area contributed by atoms with Gasteiger partial charge in [0.1, 0.15) is 11.9 Å². The number of rotatable bonds is 5. The van der Waals surface area contributed by atoms with Crippen molar-refractivity contribution in [3.8, 4) is 0 Å². The topological polar surface area (TPSA) is 81.4 Å². The van der Waals surface area contributed by atoms with E-state index in [-0.39, 0.29) is 17.9 Å². The fourth-order valence-corrected chi connectivity index (χ4v) is 2.64. The molecule has 2 rings (SSSR count).